The summed E-state index contributed by atoms with van der Waals surface area (Å²) in [5.74, 6) is 1.65. The van der Waals surface area contributed by atoms with E-state index >= 15 is 0 Å². The summed E-state index contributed by atoms with van der Waals surface area (Å²) in [5, 5.41) is 3.30. The number of para-hydroxylation sites is 2. The molecule has 1 aromatic carbocycles. The highest BCUT2D eigenvalue weighted by molar-refractivity contribution is 6.22. The first-order chi connectivity index (χ1) is 8.09. The Morgan fingerprint density at radius 1 is 1.29 bits per heavy atom. The smallest absolute Gasteiger partial charge is 0.204 e. The van der Waals surface area contributed by atoms with E-state index in [0.29, 0.717) is 11.8 Å². The molecular formula is C12H15Cl2N3. The number of rotatable bonds is 4. The lowest BCUT2D eigenvalue weighted by Gasteiger charge is -2.26. The molecule has 0 aliphatic heterocycles. The molecule has 0 amide bonds. The molecule has 2 aromatic rings. The fourth-order valence-corrected chi connectivity index (χ4v) is 2.05. The molecule has 1 aromatic heterocycles. The highest BCUT2D eigenvalue weighted by Crippen LogP contribution is 2.22. The Balaban J connectivity index is 2.39. The van der Waals surface area contributed by atoms with Gasteiger partial charge in [0.2, 0.25) is 5.95 Å². The molecule has 1 N–H and O–H groups in total. The van der Waals surface area contributed by atoms with Gasteiger partial charge in [-0.15, -0.1) is 23.2 Å². The lowest BCUT2D eigenvalue weighted by molar-refractivity contribution is 0.635. The van der Waals surface area contributed by atoms with Crippen molar-refractivity contribution in [3.05, 3.63) is 24.3 Å². The van der Waals surface area contributed by atoms with Gasteiger partial charge >= 0.3 is 0 Å². The summed E-state index contributed by atoms with van der Waals surface area (Å²) in [6.07, 6.45) is 0. The van der Waals surface area contributed by atoms with E-state index in [2.05, 4.69) is 10.3 Å². The Bertz CT molecular complexity index is 517. The monoisotopic (exact) mass is 271 g/mol. The number of aromatic nitrogens is 2. The normalized spacial score (nSPS) is 12.0. The van der Waals surface area contributed by atoms with Crippen LogP contribution in [0.1, 0.15) is 6.92 Å². The van der Waals surface area contributed by atoms with Gasteiger partial charge < -0.3 is 9.88 Å². The van der Waals surface area contributed by atoms with Crippen LogP contribution in [0.4, 0.5) is 5.95 Å². The molecule has 0 unspecified atom stereocenters. The van der Waals surface area contributed by atoms with Crippen LogP contribution in [0, 0.1) is 0 Å². The van der Waals surface area contributed by atoms with Crippen LogP contribution in [0.3, 0.4) is 0 Å². The third-order valence-electron chi connectivity index (χ3n) is 2.79. The number of hydrogen-bond donors (Lipinski definition) is 1. The molecule has 3 nitrogen and oxygen atoms in total. The van der Waals surface area contributed by atoms with Gasteiger partial charge in [-0.2, -0.15) is 0 Å². The second kappa shape index (κ2) is 4.75. The van der Waals surface area contributed by atoms with Crippen molar-refractivity contribution in [2.45, 2.75) is 12.5 Å². The summed E-state index contributed by atoms with van der Waals surface area (Å²) in [4.78, 5) is 4.53. The van der Waals surface area contributed by atoms with Crippen LogP contribution in [0.5, 0.6) is 0 Å². The first kappa shape index (κ1) is 12.5. The fourth-order valence-electron chi connectivity index (χ4n) is 1.63. The fraction of sp³-hybridized carbons (Fsp3) is 0.417. The topological polar surface area (TPSA) is 29.9 Å². The maximum Gasteiger partial charge on any atom is 0.204 e. The van der Waals surface area contributed by atoms with Gasteiger partial charge in [-0.05, 0) is 19.1 Å². The van der Waals surface area contributed by atoms with Crippen molar-refractivity contribution in [1.82, 2.24) is 9.55 Å². The predicted molar refractivity (Wildman–Crippen MR) is 74.2 cm³/mol. The summed E-state index contributed by atoms with van der Waals surface area (Å²) >= 11 is 11.9. The molecule has 5 heteroatoms. The molecule has 0 spiro atoms. The zero-order valence-electron chi connectivity index (χ0n) is 9.87. The van der Waals surface area contributed by atoms with Crippen LogP contribution in [0.15, 0.2) is 24.3 Å². The molecule has 0 atom stereocenters. The number of alkyl halides is 2. The van der Waals surface area contributed by atoms with Crippen LogP contribution >= 0.6 is 23.2 Å². The van der Waals surface area contributed by atoms with Crippen molar-refractivity contribution in [2.75, 3.05) is 17.1 Å². The Morgan fingerprint density at radius 2 is 1.94 bits per heavy atom. The lowest BCUT2D eigenvalue weighted by atomic mass is 10.1. The lowest BCUT2D eigenvalue weighted by Crippen LogP contribution is -2.39. The van der Waals surface area contributed by atoms with Gasteiger partial charge in [0.25, 0.3) is 0 Å². The van der Waals surface area contributed by atoms with Gasteiger partial charge in [-0.25, -0.2) is 4.98 Å². The number of benzene rings is 1. The summed E-state index contributed by atoms with van der Waals surface area (Å²) in [6, 6.07) is 7.99. The Hall–Kier alpha value is -0.930. The summed E-state index contributed by atoms with van der Waals surface area (Å²) < 4.78 is 2.01. The van der Waals surface area contributed by atoms with Crippen molar-refractivity contribution >= 4 is 40.2 Å². The quantitative estimate of drug-likeness (QED) is 0.866. The number of halogens is 2. The first-order valence-corrected chi connectivity index (χ1v) is 6.48. The standard InChI is InChI=1S/C12H15Cl2N3/c1-12(7-13,8-14)16-11-15-9-5-3-4-6-10(9)17(11)2/h3-6H,7-8H2,1-2H3,(H,15,16). The van der Waals surface area contributed by atoms with Crippen molar-refractivity contribution in [1.29, 1.82) is 0 Å². The average molecular weight is 272 g/mol. The SMILES string of the molecule is Cn1c(NC(C)(CCl)CCl)nc2ccccc21. The number of aryl methyl sites for hydroxylation is 1. The molecule has 0 radical (unpaired) electrons. The van der Waals surface area contributed by atoms with Crippen molar-refractivity contribution in [3.8, 4) is 0 Å². The van der Waals surface area contributed by atoms with E-state index in [1.54, 1.807) is 0 Å². The number of nitrogens with one attached hydrogen (secondary N) is 1. The maximum absolute atomic E-state index is 5.93. The third-order valence-corrected chi connectivity index (χ3v) is 3.97. The maximum atomic E-state index is 5.93. The van der Waals surface area contributed by atoms with Crippen molar-refractivity contribution in [2.24, 2.45) is 7.05 Å². The molecule has 0 saturated heterocycles. The Labute approximate surface area is 111 Å². The average Bonchev–Trinajstić information content (AvgIpc) is 2.67. The highest BCUT2D eigenvalue weighted by Gasteiger charge is 2.23. The van der Waals surface area contributed by atoms with Crippen molar-refractivity contribution in [3.63, 3.8) is 0 Å². The van der Waals surface area contributed by atoms with Crippen LogP contribution < -0.4 is 5.32 Å². The highest BCUT2D eigenvalue weighted by atomic mass is 35.5. The van der Waals surface area contributed by atoms with Crippen LogP contribution in [0.2, 0.25) is 0 Å². The largest absolute Gasteiger partial charge is 0.348 e. The number of imidazole rings is 1. The molecule has 92 valence electrons. The third kappa shape index (κ3) is 2.35. The van der Waals surface area contributed by atoms with E-state index in [1.165, 1.54) is 0 Å². The van der Waals surface area contributed by atoms with E-state index in [-0.39, 0.29) is 5.54 Å². The second-order valence-corrected chi connectivity index (χ2v) is 4.97. The van der Waals surface area contributed by atoms with Gasteiger partial charge in [0, 0.05) is 18.8 Å². The summed E-state index contributed by atoms with van der Waals surface area (Å²) in [7, 11) is 1.97. The number of anilines is 1. The van der Waals surface area contributed by atoms with E-state index in [9.17, 15) is 0 Å². The van der Waals surface area contributed by atoms with Gasteiger partial charge in [-0.1, -0.05) is 12.1 Å². The minimum atomic E-state index is -0.349. The van der Waals surface area contributed by atoms with Gasteiger partial charge in [0.1, 0.15) is 0 Å². The molecule has 1 heterocycles. The minimum absolute atomic E-state index is 0.349. The van der Waals surface area contributed by atoms with E-state index in [1.807, 2.05) is 42.8 Å². The van der Waals surface area contributed by atoms with E-state index in [0.717, 1.165) is 17.0 Å². The zero-order valence-corrected chi connectivity index (χ0v) is 11.4. The van der Waals surface area contributed by atoms with Gasteiger partial charge in [0.05, 0.1) is 16.6 Å². The number of hydrogen-bond acceptors (Lipinski definition) is 2. The van der Waals surface area contributed by atoms with Gasteiger partial charge in [-0.3, -0.25) is 0 Å². The Morgan fingerprint density at radius 3 is 2.53 bits per heavy atom. The molecule has 0 saturated carbocycles. The van der Waals surface area contributed by atoms with Crippen LogP contribution in [-0.4, -0.2) is 26.9 Å². The van der Waals surface area contributed by atoms with Gasteiger partial charge in [0.15, 0.2) is 0 Å². The van der Waals surface area contributed by atoms with Crippen LogP contribution in [-0.2, 0) is 7.05 Å². The molecule has 0 aliphatic rings. The Kier molecular flexibility index (Phi) is 3.50. The number of nitrogens with zero attached hydrogens (tertiary/aromatic N) is 2. The summed E-state index contributed by atoms with van der Waals surface area (Å²) in [6.45, 7) is 1.98. The van der Waals surface area contributed by atoms with Crippen molar-refractivity contribution < 1.29 is 0 Å². The van der Waals surface area contributed by atoms with E-state index < -0.39 is 0 Å². The minimum Gasteiger partial charge on any atom is -0.348 e. The molecule has 0 aliphatic carbocycles. The van der Waals surface area contributed by atoms with Crippen LogP contribution in [0.25, 0.3) is 11.0 Å². The molecule has 0 fully saturated rings. The van der Waals surface area contributed by atoms with E-state index in [4.69, 9.17) is 23.2 Å². The number of fused-ring (bicyclic) bond motifs is 1. The molecule has 17 heavy (non-hydrogen) atoms. The first-order valence-electron chi connectivity index (χ1n) is 5.41. The molecule has 0 bridgehead atoms. The molecular weight excluding hydrogens is 257 g/mol. The zero-order chi connectivity index (χ0) is 12.5. The predicted octanol–water partition coefficient (Wildman–Crippen LogP) is 3.22. The summed E-state index contributed by atoms with van der Waals surface area (Å²) in [5.41, 5.74) is 1.70. The molecule has 2 rings (SSSR count). The second-order valence-electron chi connectivity index (χ2n) is 4.44.